The van der Waals surface area contributed by atoms with Crippen molar-refractivity contribution in [1.82, 2.24) is 0 Å². The number of hydrogen-bond acceptors (Lipinski definition) is 1. The number of aryl methyl sites for hydroxylation is 1. The Morgan fingerprint density at radius 2 is 2.17 bits per heavy atom. The van der Waals surface area contributed by atoms with Crippen LogP contribution in [0.1, 0.15) is 25.3 Å². The molecule has 2 heteroatoms. The lowest BCUT2D eigenvalue weighted by molar-refractivity contribution is 0.795. The molecule has 0 atom stereocenters. The van der Waals surface area contributed by atoms with Gasteiger partial charge in [0.25, 0.3) is 0 Å². The van der Waals surface area contributed by atoms with E-state index in [1.807, 2.05) is 6.07 Å². The number of benzene rings is 1. The van der Waals surface area contributed by atoms with Crippen LogP contribution in [0.5, 0.6) is 0 Å². The van der Waals surface area contributed by atoms with Crippen LogP contribution >= 0.6 is 0 Å². The fourth-order valence-corrected chi connectivity index (χ4v) is 1.81. The van der Waals surface area contributed by atoms with Gasteiger partial charge in [-0.05, 0) is 29.7 Å². The highest BCUT2D eigenvalue weighted by atomic mass is 28.1. The molecule has 0 aromatic heterocycles. The quantitative estimate of drug-likeness (QED) is 0.534. The van der Waals surface area contributed by atoms with Gasteiger partial charge in [0.15, 0.2) is 0 Å². The van der Waals surface area contributed by atoms with Crippen LogP contribution in [-0.2, 0) is 6.42 Å². The van der Waals surface area contributed by atoms with E-state index in [0.29, 0.717) is 0 Å². The summed E-state index contributed by atoms with van der Waals surface area (Å²) in [6.45, 7) is 2.22. The van der Waals surface area contributed by atoms with Gasteiger partial charge in [0.05, 0.1) is 0 Å². The number of nitrogen functional groups attached to an aromatic ring is 1. The van der Waals surface area contributed by atoms with Crippen molar-refractivity contribution < 1.29 is 0 Å². The lowest BCUT2D eigenvalue weighted by Gasteiger charge is -2.03. The largest absolute Gasteiger partial charge is 0.399 e. The van der Waals surface area contributed by atoms with Gasteiger partial charge < -0.3 is 5.73 Å². The van der Waals surface area contributed by atoms with E-state index in [9.17, 15) is 0 Å². The lowest BCUT2D eigenvalue weighted by atomic mass is 10.1. The van der Waals surface area contributed by atoms with Gasteiger partial charge in [0.1, 0.15) is 0 Å². The van der Waals surface area contributed by atoms with Crippen molar-refractivity contribution in [2.75, 3.05) is 5.73 Å². The third kappa shape index (κ3) is 2.38. The third-order valence-corrected chi connectivity index (χ3v) is 3.02. The van der Waals surface area contributed by atoms with Crippen molar-refractivity contribution in [3.63, 3.8) is 0 Å². The van der Waals surface area contributed by atoms with Crippen LogP contribution in [0.2, 0.25) is 0 Å². The minimum Gasteiger partial charge on any atom is -0.399 e. The smallest absolute Gasteiger partial charge is 0.0412 e. The van der Waals surface area contributed by atoms with Crippen LogP contribution in [0.3, 0.4) is 0 Å². The minimum absolute atomic E-state index is 0.960. The standard InChI is InChI=1S/C10H17NSi/c1-2-3-4-8-5-6-9(11)10(12)7-8/h5-7H,2-4,11H2,1,12H3. The molecule has 0 radical (unpaired) electrons. The molecule has 0 amide bonds. The summed E-state index contributed by atoms with van der Waals surface area (Å²) in [7, 11) is 1.06. The van der Waals surface area contributed by atoms with E-state index >= 15 is 0 Å². The second-order valence-electron chi connectivity index (χ2n) is 3.29. The molecule has 0 saturated heterocycles. The summed E-state index contributed by atoms with van der Waals surface area (Å²) in [4.78, 5) is 0. The fraction of sp³-hybridized carbons (Fsp3) is 0.400. The van der Waals surface area contributed by atoms with E-state index in [1.54, 1.807) is 0 Å². The van der Waals surface area contributed by atoms with Crippen molar-refractivity contribution in [2.45, 2.75) is 26.2 Å². The predicted molar refractivity (Wildman–Crippen MR) is 59.0 cm³/mol. The zero-order chi connectivity index (χ0) is 8.97. The summed E-state index contributed by atoms with van der Waals surface area (Å²) in [5, 5.41) is 1.34. The molecule has 0 aliphatic rings. The van der Waals surface area contributed by atoms with Gasteiger partial charge in [-0.3, -0.25) is 0 Å². The minimum atomic E-state index is 0.960. The van der Waals surface area contributed by atoms with E-state index in [2.05, 4.69) is 19.1 Å². The fourth-order valence-electron chi connectivity index (χ4n) is 1.27. The molecular weight excluding hydrogens is 162 g/mol. The number of nitrogens with two attached hydrogens (primary N) is 1. The SMILES string of the molecule is CCCCc1ccc(N)c([SiH3])c1. The molecule has 12 heavy (non-hydrogen) atoms. The zero-order valence-corrected chi connectivity index (χ0v) is 9.93. The maximum atomic E-state index is 5.75. The first-order valence-electron chi connectivity index (χ1n) is 4.59. The Kier molecular flexibility index (Phi) is 3.35. The van der Waals surface area contributed by atoms with Gasteiger partial charge >= 0.3 is 0 Å². The van der Waals surface area contributed by atoms with Crippen molar-refractivity contribution in [2.24, 2.45) is 0 Å². The Morgan fingerprint density at radius 3 is 2.75 bits per heavy atom. The van der Waals surface area contributed by atoms with Crippen molar-refractivity contribution in [3.05, 3.63) is 23.8 Å². The molecule has 0 heterocycles. The first-order valence-corrected chi connectivity index (χ1v) is 5.59. The Labute approximate surface area is 77.4 Å². The van der Waals surface area contributed by atoms with Crippen LogP contribution in [0.15, 0.2) is 18.2 Å². The van der Waals surface area contributed by atoms with Crippen LogP contribution in [-0.4, -0.2) is 10.2 Å². The van der Waals surface area contributed by atoms with Gasteiger partial charge in [-0.25, -0.2) is 0 Å². The summed E-state index contributed by atoms with van der Waals surface area (Å²) >= 11 is 0. The molecular formula is C10H17NSi. The zero-order valence-electron chi connectivity index (χ0n) is 7.93. The average Bonchev–Trinajstić information content (AvgIpc) is 2.07. The lowest BCUT2D eigenvalue weighted by Crippen LogP contribution is -2.10. The Balaban J connectivity index is 2.69. The van der Waals surface area contributed by atoms with Gasteiger partial charge in [0, 0.05) is 15.9 Å². The van der Waals surface area contributed by atoms with Crippen LogP contribution in [0.25, 0.3) is 0 Å². The number of hydrogen-bond donors (Lipinski definition) is 1. The van der Waals surface area contributed by atoms with Crippen LogP contribution in [0.4, 0.5) is 5.69 Å². The molecule has 1 aromatic rings. The van der Waals surface area contributed by atoms with E-state index in [4.69, 9.17) is 5.73 Å². The monoisotopic (exact) mass is 179 g/mol. The molecule has 1 aromatic carbocycles. The molecule has 0 bridgehead atoms. The third-order valence-electron chi connectivity index (χ3n) is 2.15. The van der Waals surface area contributed by atoms with Crippen molar-refractivity contribution in [1.29, 1.82) is 0 Å². The topological polar surface area (TPSA) is 26.0 Å². The van der Waals surface area contributed by atoms with E-state index in [1.165, 1.54) is 30.0 Å². The van der Waals surface area contributed by atoms with Gasteiger partial charge in [0.2, 0.25) is 0 Å². The Hall–Kier alpha value is -0.763. The second-order valence-corrected chi connectivity index (χ2v) is 4.37. The molecule has 1 rings (SSSR count). The van der Waals surface area contributed by atoms with Crippen LogP contribution in [0, 0.1) is 0 Å². The van der Waals surface area contributed by atoms with E-state index < -0.39 is 0 Å². The van der Waals surface area contributed by atoms with Crippen molar-refractivity contribution >= 4 is 21.1 Å². The van der Waals surface area contributed by atoms with Gasteiger partial charge in [-0.1, -0.05) is 25.5 Å². The highest BCUT2D eigenvalue weighted by Crippen LogP contribution is 2.05. The second kappa shape index (κ2) is 4.31. The average molecular weight is 179 g/mol. The highest BCUT2D eigenvalue weighted by molar-refractivity contribution is 6.35. The normalized spacial score (nSPS) is 10.4. The predicted octanol–water partition coefficient (Wildman–Crippen LogP) is 0.602. The van der Waals surface area contributed by atoms with Crippen molar-refractivity contribution in [3.8, 4) is 0 Å². The number of anilines is 1. The maximum Gasteiger partial charge on any atom is 0.0412 e. The summed E-state index contributed by atoms with van der Waals surface area (Å²) in [6.07, 6.45) is 3.75. The number of rotatable bonds is 3. The molecule has 0 unspecified atom stereocenters. The first kappa shape index (κ1) is 9.33. The summed E-state index contributed by atoms with van der Waals surface area (Å²) in [5.41, 5.74) is 8.15. The molecule has 0 aliphatic heterocycles. The van der Waals surface area contributed by atoms with E-state index in [-0.39, 0.29) is 0 Å². The summed E-state index contributed by atoms with van der Waals surface area (Å²) in [6, 6.07) is 6.43. The Morgan fingerprint density at radius 1 is 1.42 bits per heavy atom. The van der Waals surface area contributed by atoms with Gasteiger partial charge in [-0.15, -0.1) is 0 Å². The molecule has 1 nitrogen and oxygen atoms in total. The van der Waals surface area contributed by atoms with Crippen LogP contribution < -0.4 is 10.9 Å². The molecule has 0 fully saturated rings. The maximum absolute atomic E-state index is 5.75. The molecule has 0 saturated carbocycles. The van der Waals surface area contributed by atoms with Gasteiger partial charge in [-0.2, -0.15) is 0 Å². The molecule has 2 N–H and O–H groups in total. The summed E-state index contributed by atoms with van der Waals surface area (Å²) < 4.78 is 0. The molecule has 66 valence electrons. The first-order chi connectivity index (χ1) is 5.74. The molecule has 0 aliphatic carbocycles. The molecule has 0 spiro atoms. The summed E-state index contributed by atoms with van der Waals surface area (Å²) in [5.74, 6) is 0. The highest BCUT2D eigenvalue weighted by Gasteiger charge is 1.95. The van der Waals surface area contributed by atoms with E-state index in [0.717, 1.165) is 15.9 Å². The number of unbranched alkanes of at least 4 members (excludes halogenated alkanes) is 1. The Bertz CT molecular complexity index is 258.